The van der Waals surface area contributed by atoms with E-state index in [4.69, 9.17) is 19.4 Å². The number of likely N-dealkylation sites (tertiary alicyclic amines) is 1. The normalized spacial score (nSPS) is 19.5. The Kier molecular flexibility index (Phi) is 14.2. The van der Waals surface area contributed by atoms with Crippen molar-refractivity contribution in [2.45, 2.75) is 128 Å². The Bertz CT molecular complexity index is 2620. The van der Waals surface area contributed by atoms with Crippen molar-refractivity contribution in [3.63, 3.8) is 0 Å². The van der Waals surface area contributed by atoms with E-state index in [2.05, 4.69) is 42.5 Å². The van der Waals surface area contributed by atoms with Gasteiger partial charge in [0.2, 0.25) is 23.7 Å². The number of hydrogen-bond acceptors (Lipinski definition) is 14. The van der Waals surface area contributed by atoms with Gasteiger partial charge in [-0.05, 0) is 94.5 Å². The maximum Gasteiger partial charge on any atom is 0.266 e. The summed E-state index contributed by atoms with van der Waals surface area (Å²) in [6.45, 7) is 6.46. The molecule has 6 amide bonds. The quantitative estimate of drug-likeness (QED) is 0.0802. The van der Waals surface area contributed by atoms with Crippen molar-refractivity contribution in [3.05, 3.63) is 70.9 Å². The van der Waals surface area contributed by atoms with Crippen LogP contribution in [0.1, 0.15) is 152 Å². The minimum absolute atomic E-state index is 0.0416. The Morgan fingerprint density at radius 2 is 1.70 bits per heavy atom. The van der Waals surface area contributed by atoms with Crippen LogP contribution in [0.15, 0.2) is 42.6 Å². The number of rotatable bonds is 17. The number of aromatic nitrogens is 5. The van der Waals surface area contributed by atoms with Crippen LogP contribution in [0.25, 0.3) is 5.69 Å². The molecular formula is C50H61N11O8. The van der Waals surface area contributed by atoms with Gasteiger partial charge < -0.3 is 29.9 Å². The first kappa shape index (κ1) is 47.2. The number of nitrogens with one attached hydrogen (secondary N) is 3. The summed E-state index contributed by atoms with van der Waals surface area (Å²) < 4.78 is 13.8. The third-order valence-electron chi connectivity index (χ3n) is 14.2. The molecule has 3 fully saturated rings. The third-order valence-corrected chi connectivity index (χ3v) is 14.2. The van der Waals surface area contributed by atoms with Crippen LogP contribution in [-0.4, -0.2) is 115 Å². The van der Waals surface area contributed by atoms with Crippen LogP contribution in [0.4, 0.5) is 17.5 Å². The number of benzene rings is 2. The summed E-state index contributed by atoms with van der Waals surface area (Å²) in [5, 5.41) is 17.7. The molecule has 0 bridgehead atoms. The molecule has 0 radical (unpaired) electrons. The van der Waals surface area contributed by atoms with Gasteiger partial charge >= 0.3 is 0 Å². The predicted molar refractivity (Wildman–Crippen MR) is 254 cm³/mol. The van der Waals surface area contributed by atoms with Gasteiger partial charge in [0.25, 0.3) is 17.7 Å². The average Bonchev–Trinajstić information content (AvgIpc) is 3.87. The maximum atomic E-state index is 13.5. The number of carbonyl (C=O) groups excluding carboxylic acids is 6. The number of anilines is 3. The fourth-order valence-corrected chi connectivity index (χ4v) is 10.5. The van der Waals surface area contributed by atoms with E-state index in [-0.39, 0.29) is 53.6 Å². The molecule has 19 nitrogen and oxygen atoms in total. The van der Waals surface area contributed by atoms with E-state index in [0.717, 1.165) is 60.3 Å². The monoisotopic (exact) mass is 943 g/mol. The van der Waals surface area contributed by atoms with Crippen LogP contribution in [-0.2, 0) is 14.4 Å². The van der Waals surface area contributed by atoms with Gasteiger partial charge in [0, 0.05) is 44.1 Å². The van der Waals surface area contributed by atoms with Gasteiger partial charge in [-0.1, -0.05) is 45.1 Å². The summed E-state index contributed by atoms with van der Waals surface area (Å²) in [7, 11) is 1.57. The number of amides is 6. The molecule has 9 rings (SSSR count). The number of hydrogen-bond donors (Lipinski definition) is 3. The second-order valence-electron chi connectivity index (χ2n) is 18.7. The van der Waals surface area contributed by atoms with Crippen molar-refractivity contribution < 1.29 is 38.2 Å². The molecule has 2 saturated heterocycles. The minimum Gasteiger partial charge on any atom is -0.495 e. The van der Waals surface area contributed by atoms with Crippen LogP contribution in [0.3, 0.4) is 0 Å². The van der Waals surface area contributed by atoms with Crippen molar-refractivity contribution in [2.24, 2.45) is 5.92 Å². The summed E-state index contributed by atoms with van der Waals surface area (Å²) in [6, 6.07) is 9.01. The highest BCUT2D eigenvalue weighted by Crippen LogP contribution is 2.41. The first-order valence-electron chi connectivity index (χ1n) is 24.6. The Labute approximate surface area is 401 Å². The fourth-order valence-electron chi connectivity index (χ4n) is 10.5. The molecule has 69 heavy (non-hydrogen) atoms. The molecule has 2 aromatic heterocycles. The van der Waals surface area contributed by atoms with Gasteiger partial charge in [-0.3, -0.25) is 43.6 Å². The standard InChI is InChI=1S/C50H61N11O8/c1-4-36-45-57-56-30(2)60(45)38-28-51-50(55-44(38)59(36)29-31-13-8-7-9-14-31)53-35-19-18-32(27-40(35)68-3)46(64)52-33-22-24-58(25-23-33)42(63)17-10-5-6-11-26-69-39-16-12-15-34-43(39)49(67)61(48(34)66)37-20-21-41(62)54-47(37)65/h12,15-16,18-19,27-28,31,33,36-37H,4-11,13-14,17,20-26,29H2,1-3H3,(H,52,64)(H,51,53,55)(H,54,62,65)/t36-,37?/m1/s1. The Balaban J connectivity index is 0.718. The van der Waals surface area contributed by atoms with Crippen LogP contribution >= 0.6 is 0 Å². The number of nitrogens with zero attached hydrogens (tertiary/aromatic N) is 8. The molecule has 1 aliphatic carbocycles. The predicted octanol–water partition coefficient (Wildman–Crippen LogP) is 6.12. The van der Waals surface area contributed by atoms with E-state index < -0.39 is 29.7 Å². The van der Waals surface area contributed by atoms with E-state index in [1.165, 1.54) is 38.2 Å². The number of imide groups is 2. The van der Waals surface area contributed by atoms with Crippen LogP contribution in [0.5, 0.6) is 11.5 Å². The summed E-state index contributed by atoms with van der Waals surface area (Å²) in [4.78, 5) is 92.1. The Hall–Kier alpha value is -6.92. The molecule has 4 aliphatic heterocycles. The molecule has 364 valence electrons. The fraction of sp³-hybridized carbons (Fsp3) is 0.520. The van der Waals surface area contributed by atoms with Crippen molar-refractivity contribution in [1.29, 1.82) is 0 Å². The number of fused-ring (bicyclic) bond motifs is 4. The van der Waals surface area contributed by atoms with E-state index in [9.17, 15) is 28.8 Å². The molecule has 0 spiro atoms. The second kappa shape index (κ2) is 20.7. The van der Waals surface area contributed by atoms with E-state index in [1.807, 2.05) is 24.1 Å². The summed E-state index contributed by atoms with van der Waals surface area (Å²) in [6.07, 6.45) is 13.8. The molecule has 3 N–H and O–H groups in total. The van der Waals surface area contributed by atoms with Crippen molar-refractivity contribution in [1.82, 2.24) is 45.2 Å². The van der Waals surface area contributed by atoms with Gasteiger partial charge in [0.1, 0.15) is 29.1 Å². The van der Waals surface area contributed by atoms with E-state index >= 15 is 0 Å². The molecule has 1 unspecified atom stereocenters. The van der Waals surface area contributed by atoms with Crippen LogP contribution in [0.2, 0.25) is 0 Å². The average molecular weight is 944 g/mol. The number of aryl methyl sites for hydroxylation is 1. The molecule has 6 heterocycles. The van der Waals surface area contributed by atoms with Crippen molar-refractivity contribution in [3.8, 4) is 17.2 Å². The van der Waals surface area contributed by atoms with Gasteiger partial charge in [-0.15, -0.1) is 10.2 Å². The molecule has 1 saturated carbocycles. The van der Waals surface area contributed by atoms with Gasteiger partial charge in [0.05, 0.1) is 42.8 Å². The highest BCUT2D eigenvalue weighted by atomic mass is 16.5. The molecule has 2 aromatic carbocycles. The van der Waals surface area contributed by atoms with Crippen molar-refractivity contribution >= 4 is 52.9 Å². The maximum absolute atomic E-state index is 13.5. The zero-order valence-electron chi connectivity index (χ0n) is 39.6. The summed E-state index contributed by atoms with van der Waals surface area (Å²) >= 11 is 0. The number of methoxy groups -OCH3 is 1. The summed E-state index contributed by atoms with van der Waals surface area (Å²) in [5.41, 5.74) is 2.26. The lowest BCUT2D eigenvalue weighted by Crippen LogP contribution is -2.54. The van der Waals surface area contributed by atoms with Gasteiger partial charge in [-0.25, -0.2) is 4.98 Å². The second-order valence-corrected chi connectivity index (χ2v) is 18.7. The number of piperidine rings is 2. The highest BCUT2D eigenvalue weighted by molar-refractivity contribution is 6.24. The first-order chi connectivity index (χ1) is 33.5. The largest absolute Gasteiger partial charge is 0.495 e. The van der Waals surface area contributed by atoms with E-state index in [0.29, 0.717) is 74.2 Å². The SMILES string of the molecule is CC[C@@H]1c2nnc(C)n2-c2cnc(Nc3ccc(C(=O)NC4CCN(C(=O)CCCCCCOc5cccc6c5C(=O)N(C5CCC(=O)NC5=O)C6=O)CC4)cc3OC)nc2N1CC1CCCCC1. The van der Waals surface area contributed by atoms with Crippen LogP contribution in [0, 0.1) is 12.8 Å². The van der Waals surface area contributed by atoms with Crippen molar-refractivity contribution in [2.75, 3.05) is 43.6 Å². The Morgan fingerprint density at radius 1 is 0.899 bits per heavy atom. The number of carbonyl (C=O) groups is 6. The lowest BCUT2D eigenvalue weighted by Gasteiger charge is -2.39. The number of unbranched alkanes of at least 4 members (excludes halogenated alkanes) is 3. The Morgan fingerprint density at radius 3 is 2.46 bits per heavy atom. The molecule has 2 atom stereocenters. The molecule has 4 aromatic rings. The highest BCUT2D eigenvalue weighted by Gasteiger charge is 2.46. The lowest BCUT2D eigenvalue weighted by molar-refractivity contribution is -0.136. The first-order valence-corrected chi connectivity index (χ1v) is 24.6. The zero-order valence-corrected chi connectivity index (χ0v) is 39.6. The topological polar surface area (TPSA) is 223 Å². The number of ether oxygens (including phenoxy) is 2. The van der Waals surface area contributed by atoms with E-state index in [1.54, 1.807) is 31.4 Å². The lowest BCUT2D eigenvalue weighted by atomic mass is 9.88. The molecule has 5 aliphatic rings. The summed E-state index contributed by atoms with van der Waals surface area (Å²) in [5.74, 6) is 1.94. The van der Waals surface area contributed by atoms with Gasteiger partial charge in [0.15, 0.2) is 11.6 Å². The molecular weight excluding hydrogens is 883 g/mol. The smallest absolute Gasteiger partial charge is 0.266 e. The zero-order chi connectivity index (χ0) is 48.2. The van der Waals surface area contributed by atoms with Gasteiger partial charge in [-0.2, -0.15) is 4.98 Å². The third kappa shape index (κ3) is 9.86. The van der Waals surface area contributed by atoms with Crippen LogP contribution < -0.4 is 30.3 Å². The molecule has 19 heteroatoms. The minimum atomic E-state index is -1.04.